The number of amides is 2. The molecule has 29 heavy (non-hydrogen) atoms. The topological polar surface area (TPSA) is 94.0 Å². The number of hydroxylamine groups is 1. The first-order valence-electron chi connectivity index (χ1n) is 9.62. The van der Waals surface area contributed by atoms with Crippen molar-refractivity contribution in [1.29, 1.82) is 0 Å². The number of hydrogen-bond donors (Lipinski definition) is 2. The molecule has 0 spiro atoms. The maximum atomic E-state index is 11.8. The van der Waals surface area contributed by atoms with E-state index in [1.165, 1.54) is 24.0 Å². The lowest BCUT2D eigenvalue weighted by atomic mass is 10.0. The summed E-state index contributed by atoms with van der Waals surface area (Å²) in [6.45, 7) is 6.23. The van der Waals surface area contributed by atoms with E-state index in [1.807, 2.05) is 19.2 Å². The Labute approximate surface area is 173 Å². The highest BCUT2D eigenvalue weighted by Gasteiger charge is 2.28. The fourth-order valence-electron chi connectivity index (χ4n) is 3.57. The van der Waals surface area contributed by atoms with E-state index in [9.17, 15) is 4.79 Å². The Bertz CT molecular complexity index is 1040. The zero-order chi connectivity index (χ0) is 20.5. The standard InChI is InChI=1S/C20H24N6O2S/c1-11(2)26-17-14(16(24-26)13-9-8-12(3)21-10-13)6-5-7-15-18(17)29-20(22-15)23-19(27)25-28-4/h8-11H,5-7H2,1-4H3,(H2,22,23,25,27). The Morgan fingerprint density at radius 2 is 2.14 bits per heavy atom. The summed E-state index contributed by atoms with van der Waals surface area (Å²) in [7, 11) is 1.39. The molecule has 3 aromatic rings. The Hall–Kier alpha value is -2.78. The molecular formula is C20H24N6O2S. The molecule has 3 heterocycles. The van der Waals surface area contributed by atoms with Gasteiger partial charge in [0.15, 0.2) is 5.13 Å². The largest absolute Gasteiger partial charge is 0.344 e. The number of anilines is 1. The quantitative estimate of drug-likeness (QED) is 0.629. The summed E-state index contributed by atoms with van der Waals surface area (Å²) >= 11 is 1.47. The van der Waals surface area contributed by atoms with Crippen LogP contribution in [0.5, 0.6) is 0 Å². The van der Waals surface area contributed by atoms with Gasteiger partial charge in [-0.25, -0.2) is 15.3 Å². The number of hydrogen-bond acceptors (Lipinski definition) is 6. The van der Waals surface area contributed by atoms with Gasteiger partial charge in [-0.15, -0.1) is 0 Å². The maximum Gasteiger partial charge on any atom is 0.344 e. The number of aryl methyl sites for hydroxylation is 2. The summed E-state index contributed by atoms with van der Waals surface area (Å²) in [6, 6.07) is 3.84. The smallest absolute Gasteiger partial charge is 0.282 e. The van der Waals surface area contributed by atoms with Crippen LogP contribution in [0.15, 0.2) is 18.3 Å². The Balaban J connectivity index is 1.83. The van der Waals surface area contributed by atoms with Crippen LogP contribution < -0.4 is 10.8 Å². The number of urea groups is 1. The highest BCUT2D eigenvalue weighted by atomic mass is 32.1. The van der Waals surface area contributed by atoms with E-state index in [0.29, 0.717) is 5.13 Å². The summed E-state index contributed by atoms with van der Waals surface area (Å²) in [5.74, 6) is 0. The van der Waals surface area contributed by atoms with Crippen molar-refractivity contribution in [2.45, 2.75) is 46.1 Å². The molecule has 9 heteroatoms. The van der Waals surface area contributed by atoms with Crippen molar-refractivity contribution >= 4 is 22.5 Å². The van der Waals surface area contributed by atoms with Gasteiger partial charge in [-0.1, -0.05) is 11.3 Å². The summed E-state index contributed by atoms with van der Waals surface area (Å²) in [6.07, 6.45) is 4.66. The molecule has 0 aliphatic heterocycles. The number of carbonyl (C=O) groups is 1. The predicted molar refractivity (Wildman–Crippen MR) is 113 cm³/mol. The van der Waals surface area contributed by atoms with E-state index in [-0.39, 0.29) is 6.04 Å². The molecule has 152 valence electrons. The van der Waals surface area contributed by atoms with E-state index < -0.39 is 6.03 Å². The highest BCUT2D eigenvalue weighted by Crippen LogP contribution is 2.43. The van der Waals surface area contributed by atoms with Crippen LogP contribution in [0, 0.1) is 6.92 Å². The van der Waals surface area contributed by atoms with Crippen LogP contribution in [-0.2, 0) is 17.7 Å². The molecule has 0 unspecified atom stereocenters. The van der Waals surface area contributed by atoms with Gasteiger partial charge in [-0.2, -0.15) is 5.10 Å². The minimum absolute atomic E-state index is 0.192. The Kier molecular flexibility index (Phi) is 5.33. The number of nitrogens with zero attached hydrogens (tertiary/aromatic N) is 4. The molecule has 0 bridgehead atoms. The fraction of sp³-hybridized carbons (Fsp3) is 0.400. The maximum absolute atomic E-state index is 11.8. The van der Waals surface area contributed by atoms with Crippen LogP contribution in [0.4, 0.5) is 9.93 Å². The third kappa shape index (κ3) is 3.75. The van der Waals surface area contributed by atoms with Crippen molar-refractivity contribution < 1.29 is 9.63 Å². The summed E-state index contributed by atoms with van der Waals surface area (Å²) in [5, 5.41) is 8.25. The average molecular weight is 413 g/mol. The van der Waals surface area contributed by atoms with Gasteiger partial charge in [-0.3, -0.25) is 19.8 Å². The normalized spacial score (nSPS) is 13.0. The minimum Gasteiger partial charge on any atom is -0.282 e. The van der Waals surface area contributed by atoms with E-state index in [0.717, 1.165) is 52.5 Å². The van der Waals surface area contributed by atoms with Gasteiger partial charge in [0, 0.05) is 29.1 Å². The van der Waals surface area contributed by atoms with Crippen LogP contribution in [0.25, 0.3) is 21.8 Å². The van der Waals surface area contributed by atoms with Crippen molar-refractivity contribution in [2.24, 2.45) is 0 Å². The number of carbonyl (C=O) groups excluding carboxylic acids is 1. The molecule has 0 aromatic carbocycles. The third-order valence-electron chi connectivity index (χ3n) is 4.85. The van der Waals surface area contributed by atoms with Crippen molar-refractivity contribution in [1.82, 2.24) is 25.2 Å². The average Bonchev–Trinajstić information content (AvgIpc) is 3.19. The van der Waals surface area contributed by atoms with Gasteiger partial charge in [0.2, 0.25) is 0 Å². The van der Waals surface area contributed by atoms with Crippen LogP contribution in [0.3, 0.4) is 0 Å². The van der Waals surface area contributed by atoms with Gasteiger partial charge < -0.3 is 0 Å². The van der Waals surface area contributed by atoms with E-state index in [2.05, 4.69) is 50.2 Å². The number of nitrogens with one attached hydrogen (secondary N) is 2. The van der Waals surface area contributed by atoms with Gasteiger partial charge in [0.25, 0.3) is 0 Å². The molecule has 8 nitrogen and oxygen atoms in total. The van der Waals surface area contributed by atoms with E-state index in [4.69, 9.17) is 5.10 Å². The van der Waals surface area contributed by atoms with Crippen LogP contribution >= 0.6 is 11.3 Å². The molecule has 2 N–H and O–H groups in total. The molecule has 4 rings (SSSR count). The highest BCUT2D eigenvalue weighted by molar-refractivity contribution is 7.19. The SMILES string of the molecule is CONC(=O)Nc1nc2c(s1)-c1c(c(-c3ccc(C)nc3)nn1C(C)C)CCC2. The number of thiazole rings is 1. The molecule has 0 atom stereocenters. The van der Waals surface area contributed by atoms with Gasteiger partial charge in [0.1, 0.15) is 0 Å². The molecular weight excluding hydrogens is 388 g/mol. The molecule has 1 aliphatic rings. The van der Waals surface area contributed by atoms with Gasteiger partial charge >= 0.3 is 6.03 Å². The Morgan fingerprint density at radius 1 is 1.31 bits per heavy atom. The second-order valence-corrected chi connectivity index (χ2v) is 8.31. The summed E-state index contributed by atoms with van der Waals surface area (Å²) in [5.41, 5.74) is 8.56. The molecule has 0 fully saturated rings. The van der Waals surface area contributed by atoms with Gasteiger partial charge in [0.05, 0.1) is 29.1 Å². The summed E-state index contributed by atoms with van der Waals surface area (Å²) in [4.78, 5) is 26.7. The Morgan fingerprint density at radius 3 is 2.83 bits per heavy atom. The van der Waals surface area contributed by atoms with Crippen molar-refractivity contribution in [3.63, 3.8) is 0 Å². The van der Waals surface area contributed by atoms with Crippen molar-refractivity contribution in [3.8, 4) is 21.8 Å². The van der Waals surface area contributed by atoms with Crippen molar-refractivity contribution in [2.75, 3.05) is 12.4 Å². The zero-order valence-corrected chi connectivity index (χ0v) is 17.8. The van der Waals surface area contributed by atoms with Crippen LogP contribution in [0.1, 0.15) is 43.3 Å². The lowest BCUT2D eigenvalue weighted by Gasteiger charge is -2.10. The number of fused-ring (bicyclic) bond motifs is 3. The first-order valence-corrected chi connectivity index (χ1v) is 10.4. The van der Waals surface area contributed by atoms with E-state index >= 15 is 0 Å². The van der Waals surface area contributed by atoms with E-state index in [1.54, 1.807) is 0 Å². The number of pyridine rings is 1. The second-order valence-electron chi connectivity index (χ2n) is 7.31. The zero-order valence-electron chi connectivity index (χ0n) is 16.9. The lowest BCUT2D eigenvalue weighted by molar-refractivity contribution is 0.114. The lowest BCUT2D eigenvalue weighted by Crippen LogP contribution is -2.27. The third-order valence-corrected chi connectivity index (χ3v) is 5.87. The molecule has 3 aromatic heterocycles. The molecule has 0 saturated carbocycles. The van der Waals surface area contributed by atoms with Crippen LogP contribution in [-0.4, -0.2) is 32.9 Å². The number of aromatic nitrogens is 4. The minimum atomic E-state index is -0.444. The van der Waals surface area contributed by atoms with Gasteiger partial charge in [-0.05, 0) is 52.2 Å². The van der Waals surface area contributed by atoms with Crippen molar-refractivity contribution in [3.05, 3.63) is 35.3 Å². The second kappa shape index (κ2) is 7.92. The van der Waals surface area contributed by atoms with Crippen LogP contribution in [0.2, 0.25) is 0 Å². The number of rotatable bonds is 4. The monoisotopic (exact) mass is 412 g/mol. The predicted octanol–water partition coefficient (Wildman–Crippen LogP) is 4.13. The first-order chi connectivity index (χ1) is 14.0. The molecule has 2 amide bonds. The fourth-order valence-corrected chi connectivity index (χ4v) is 4.64. The first kappa shape index (κ1) is 19.5. The molecule has 1 aliphatic carbocycles. The molecule has 0 saturated heterocycles. The molecule has 0 radical (unpaired) electrons. The summed E-state index contributed by atoms with van der Waals surface area (Å²) < 4.78 is 2.08.